The highest BCUT2D eigenvalue weighted by Crippen LogP contribution is 2.18. The number of aliphatic hydroxyl groups excluding tert-OH is 1. The molecule has 2 aliphatic heterocycles. The maximum Gasteiger partial charge on any atom is 0.219 e. The first-order chi connectivity index (χ1) is 13.2. The fourth-order valence-corrected chi connectivity index (χ4v) is 4.26. The van der Waals surface area contributed by atoms with Crippen LogP contribution in [0.3, 0.4) is 0 Å². The molecule has 0 spiro atoms. The number of benzene rings is 1. The van der Waals surface area contributed by atoms with E-state index in [0.717, 1.165) is 18.7 Å². The Bertz CT molecular complexity index is 775. The summed E-state index contributed by atoms with van der Waals surface area (Å²) in [6.45, 7) is 6.19. The van der Waals surface area contributed by atoms with Crippen LogP contribution in [-0.4, -0.2) is 93.1 Å². The van der Waals surface area contributed by atoms with Gasteiger partial charge in [-0.2, -0.15) is 0 Å². The van der Waals surface area contributed by atoms with E-state index in [-0.39, 0.29) is 18.1 Å². The molecular weight excluding hydrogens is 382 g/mol. The van der Waals surface area contributed by atoms with E-state index >= 15 is 0 Å². The van der Waals surface area contributed by atoms with Gasteiger partial charge in [0.25, 0.3) is 0 Å². The first-order valence-corrected chi connectivity index (χ1v) is 11.4. The Labute approximate surface area is 166 Å². The van der Waals surface area contributed by atoms with Gasteiger partial charge in [0.05, 0.1) is 29.8 Å². The Kier molecular flexibility index (Phi) is 6.72. The molecule has 2 fully saturated rings. The molecule has 0 radical (unpaired) electrons. The topological polar surface area (TPSA) is 99.2 Å². The van der Waals surface area contributed by atoms with Crippen LogP contribution in [0.5, 0.6) is 0 Å². The zero-order valence-corrected chi connectivity index (χ0v) is 17.2. The summed E-state index contributed by atoms with van der Waals surface area (Å²) >= 11 is 0. The van der Waals surface area contributed by atoms with Crippen molar-refractivity contribution < 1.29 is 23.1 Å². The molecular formula is C19H29N3O5S. The number of hydrogen-bond donors (Lipinski definition) is 2. The van der Waals surface area contributed by atoms with Crippen molar-refractivity contribution in [1.29, 1.82) is 0 Å². The fraction of sp³-hybridized carbons (Fsp3) is 0.632. The second-order valence-electron chi connectivity index (χ2n) is 7.57. The Balaban J connectivity index is 1.45. The molecule has 28 heavy (non-hydrogen) atoms. The van der Waals surface area contributed by atoms with Crippen molar-refractivity contribution in [2.75, 3.05) is 45.6 Å². The quantitative estimate of drug-likeness (QED) is 0.649. The van der Waals surface area contributed by atoms with E-state index in [9.17, 15) is 18.3 Å². The van der Waals surface area contributed by atoms with Gasteiger partial charge in [0.2, 0.25) is 5.91 Å². The van der Waals surface area contributed by atoms with Crippen molar-refractivity contribution in [1.82, 2.24) is 15.1 Å². The van der Waals surface area contributed by atoms with Crippen molar-refractivity contribution in [3.63, 3.8) is 0 Å². The molecule has 2 saturated heterocycles. The SMILES string of the molecule is CC(=O)N1CCN(C[C@@H]2OC[C@H](NCc3ccc(S(C)(=O)=O)cc3)[C@H]2O)CC1. The highest BCUT2D eigenvalue weighted by molar-refractivity contribution is 7.90. The molecule has 8 nitrogen and oxygen atoms in total. The van der Waals surface area contributed by atoms with Crippen LogP contribution in [0.15, 0.2) is 29.2 Å². The van der Waals surface area contributed by atoms with E-state index in [2.05, 4.69) is 10.2 Å². The van der Waals surface area contributed by atoms with Gasteiger partial charge in [-0.25, -0.2) is 8.42 Å². The van der Waals surface area contributed by atoms with Crippen LogP contribution >= 0.6 is 0 Å². The molecule has 3 atom stereocenters. The van der Waals surface area contributed by atoms with Gasteiger partial charge in [-0.05, 0) is 17.7 Å². The summed E-state index contributed by atoms with van der Waals surface area (Å²) in [6, 6.07) is 6.57. The van der Waals surface area contributed by atoms with Gasteiger partial charge >= 0.3 is 0 Å². The second-order valence-corrected chi connectivity index (χ2v) is 9.59. The molecule has 0 unspecified atom stereocenters. The first-order valence-electron chi connectivity index (χ1n) is 9.54. The lowest BCUT2D eigenvalue weighted by Gasteiger charge is -2.35. The Morgan fingerprint density at radius 1 is 1.21 bits per heavy atom. The second kappa shape index (κ2) is 8.87. The summed E-state index contributed by atoms with van der Waals surface area (Å²) in [5.41, 5.74) is 0.948. The summed E-state index contributed by atoms with van der Waals surface area (Å²) < 4.78 is 28.8. The third kappa shape index (κ3) is 5.30. The van der Waals surface area contributed by atoms with E-state index in [1.807, 2.05) is 4.90 Å². The van der Waals surface area contributed by atoms with Gasteiger partial charge in [-0.15, -0.1) is 0 Å². The molecule has 0 aromatic heterocycles. The number of hydrogen-bond acceptors (Lipinski definition) is 7. The van der Waals surface area contributed by atoms with Crippen molar-refractivity contribution in [3.05, 3.63) is 29.8 Å². The van der Waals surface area contributed by atoms with Gasteiger partial charge < -0.3 is 20.1 Å². The summed E-state index contributed by atoms with van der Waals surface area (Å²) in [7, 11) is -3.20. The van der Waals surface area contributed by atoms with E-state index in [0.29, 0.717) is 37.7 Å². The van der Waals surface area contributed by atoms with Crippen LogP contribution in [0.25, 0.3) is 0 Å². The highest BCUT2D eigenvalue weighted by Gasteiger charge is 2.37. The van der Waals surface area contributed by atoms with Crippen molar-refractivity contribution in [3.8, 4) is 0 Å². The van der Waals surface area contributed by atoms with Gasteiger partial charge in [0.15, 0.2) is 9.84 Å². The molecule has 1 amide bonds. The minimum Gasteiger partial charge on any atom is -0.389 e. The lowest BCUT2D eigenvalue weighted by Crippen LogP contribution is -2.51. The highest BCUT2D eigenvalue weighted by atomic mass is 32.2. The molecule has 0 bridgehead atoms. The average molecular weight is 412 g/mol. The van der Waals surface area contributed by atoms with E-state index in [1.54, 1.807) is 31.2 Å². The van der Waals surface area contributed by atoms with Crippen LogP contribution in [0.1, 0.15) is 12.5 Å². The number of nitrogens with one attached hydrogen (secondary N) is 1. The number of aliphatic hydroxyl groups is 1. The predicted molar refractivity (Wildman–Crippen MR) is 105 cm³/mol. The number of amides is 1. The number of ether oxygens (including phenoxy) is 1. The molecule has 3 rings (SSSR count). The molecule has 1 aromatic carbocycles. The van der Waals surface area contributed by atoms with E-state index < -0.39 is 15.9 Å². The van der Waals surface area contributed by atoms with Crippen molar-refractivity contribution >= 4 is 15.7 Å². The molecule has 9 heteroatoms. The normalized spacial score (nSPS) is 26.5. The Morgan fingerprint density at radius 2 is 1.86 bits per heavy atom. The predicted octanol–water partition coefficient (Wildman–Crippen LogP) is -0.528. The molecule has 0 saturated carbocycles. The third-order valence-electron chi connectivity index (χ3n) is 5.46. The zero-order valence-electron chi connectivity index (χ0n) is 16.4. The standard InChI is InChI=1S/C19H29N3O5S/c1-14(23)22-9-7-21(8-10-22)12-18-19(24)17(13-27-18)20-11-15-3-5-16(6-4-15)28(2,25)26/h3-6,17-20,24H,7-13H2,1-2H3/t17-,18-,19+/m0/s1. The molecule has 2 aliphatic rings. The van der Waals surface area contributed by atoms with Crippen LogP contribution in [0.2, 0.25) is 0 Å². The number of piperazine rings is 1. The van der Waals surface area contributed by atoms with Crippen LogP contribution < -0.4 is 5.32 Å². The fourth-order valence-electron chi connectivity index (χ4n) is 3.63. The van der Waals surface area contributed by atoms with Crippen LogP contribution in [0.4, 0.5) is 0 Å². The largest absolute Gasteiger partial charge is 0.389 e. The third-order valence-corrected chi connectivity index (χ3v) is 6.59. The maximum absolute atomic E-state index is 11.5. The van der Waals surface area contributed by atoms with Gasteiger partial charge in [0.1, 0.15) is 0 Å². The van der Waals surface area contributed by atoms with Crippen LogP contribution in [0, 0.1) is 0 Å². The maximum atomic E-state index is 11.5. The van der Waals surface area contributed by atoms with Gasteiger partial charge in [-0.3, -0.25) is 9.69 Å². The summed E-state index contributed by atoms with van der Waals surface area (Å²) in [6.07, 6.45) is 0.321. The number of carbonyl (C=O) groups is 1. The molecule has 0 aliphatic carbocycles. The van der Waals surface area contributed by atoms with Gasteiger partial charge in [-0.1, -0.05) is 12.1 Å². The molecule has 1 aromatic rings. The van der Waals surface area contributed by atoms with Crippen molar-refractivity contribution in [2.45, 2.75) is 36.6 Å². The molecule has 156 valence electrons. The van der Waals surface area contributed by atoms with E-state index in [1.165, 1.54) is 6.26 Å². The number of sulfone groups is 1. The molecule has 2 heterocycles. The number of carbonyl (C=O) groups excluding carboxylic acids is 1. The lowest BCUT2D eigenvalue weighted by molar-refractivity contribution is -0.130. The summed E-state index contributed by atoms with van der Waals surface area (Å²) in [5, 5.41) is 13.9. The smallest absolute Gasteiger partial charge is 0.219 e. The Morgan fingerprint density at radius 3 is 2.43 bits per heavy atom. The summed E-state index contributed by atoms with van der Waals surface area (Å²) in [5.74, 6) is 0.102. The number of rotatable bonds is 6. The minimum atomic E-state index is -3.20. The summed E-state index contributed by atoms with van der Waals surface area (Å²) in [4.78, 5) is 15.8. The van der Waals surface area contributed by atoms with Crippen LogP contribution in [-0.2, 0) is 25.9 Å². The van der Waals surface area contributed by atoms with Gasteiger partial charge in [0, 0.05) is 52.4 Å². The van der Waals surface area contributed by atoms with Crippen molar-refractivity contribution in [2.24, 2.45) is 0 Å². The monoisotopic (exact) mass is 411 g/mol. The number of nitrogens with zero attached hydrogens (tertiary/aromatic N) is 2. The molecule has 2 N–H and O–H groups in total. The zero-order chi connectivity index (χ0) is 20.3. The minimum absolute atomic E-state index is 0.102. The van der Waals surface area contributed by atoms with E-state index in [4.69, 9.17) is 4.74 Å². The first kappa shape index (κ1) is 21.2. The Hall–Kier alpha value is -1.52. The average Bonchev–Trinajstić information content (AvgIpc) is 3.00. The lowest BCUT2D eigenvalue weighted by atomic mass is 10.1.